The third-order valence-electron chi connectivity index (χ3n) is 3.94. The molecule has 2 aromatic rings. The van der Waals surface area contributed by atoms with Gasteiger partial charge in [-0.05, 0) is 34.5 Å². The molecule has 0 amide bonds. The molecule has 6 heteroatoms. The lowest BCUT2D eigenvalue weighted by Gasteiger charge is -2.23. The molecule has 0 radical (unpaired) electrons. The highest BCUT2D eigenvalue weighted by Crippen LogP contribution is 2.15. The highest BCUT2D eigenvalue weighted by molar-refractivity contribution is 9.10. The van der Waals surface area contributed by atoms with Crippen molar-refractivity contribution in [1.29, 1.82) is 0 Å². The number of hydrogen-bond acceptors (Lipinski definition) is 2. The van der Waals surface area contributed by atoms with E-state index in [0.29, 0.717) is 13.0 Å². The lowest BCUT2D eigenvalue weighted by atomic mass is 10.1. The van der Waals surface area contributed by atoms with E-state index in [4.69, 9.17) is 0 Å². The number of halogens is 1. The fourth-order valence-electron chi connectivity index (χ4n) is 2.65. The molecule has 1 unspecified atom stereocenters. The number of guanidine groups is 1. The van der Waals surface area contributed by atoms with Crippen molar-refractivity contribution in [2.24, 2.45) is 12.0 Å². The van der Waals surface area contributed by atoms with Gasteiger partial charge in [0.15, 0.2) is 5.96 Å². The molecule has 0 spiro atoms. The Morgan fingerprint density at radius 2 is 2.08 bits per heavy atom. The quantitative estimate of drug-likeness (QED) is 0.548. The summed E-state index contributed by atoms with van der Waals surface area (Å²) in [6.07, 6.45) is 2.16. The summed E-state index contributed by atoms with van der Waals surface area (Å²) in [7, 11) is 4.04. The van der Waals surface area contributed by atoms with E-state index in [0.717, 1.165) is 29.1 Å². The maximum atomic E-state index is 10.3. The van der Waals surface area contributed by atoms with Gasteiger partial charge in [-0.2, -0.15) is 0 Å². The van der Waals surface area contributed by atoms with Gasteiger partial charge in [-0.3, -0.25) is 4.99 Å². The van der Waals surface area contributed by atoms with Crippen LogP contribution in [0.2, 0.25) is 0 Å². The van der Waals surface area contributed by atoms with Crippen molar-refractivity contribution in [2.45, 2.75) is 26.0 Å². The van der Waals surface area contributed by atoms with Crippen molar-refractivity contribution in [3.05, 3.63) is 58.3 Å². The second-order valence-corrected chi connectivity index (χ2v) is 7.07. The van der Waals surface area contributed by atoms with E-state index in [1.54, 1.807) is 0 Å². The molecule has 0 saturated heterocycles. The van der Waals surface area contributed by atoms with Crippen LogP contribution in [0.4, 0.5) is 0 Å². The summed E-state index contributed by atoms with van der Waals surface area (Å²) in [5.41, 5.74) is 2.31. The largest absolute Gasteiger partial charge is 0.391 e. The second kappa shape index (κ2) is 9.63. The smallest absolute Gasteiger partial charge is 0.194 e. The lowest BCUT2D eigenvalue weighted by molar-refractivity contribution is 0.183. The van der Waals surface area contributed by atoms with Crippen LogP contribution < -0.4 is 5.32 Å². The van der Waals surface area contributed by atoms with Crippen LogP contribution in [0, 0.1) is 0 Å². The van der Waals surface area contributed by atoms with Crippen LogP contribution in [0.5, 0.6) is 0 Å². The van der Waals surface area contributed by atoms with E-state index in [1.165, 1.54) is 5.69 Å². The Morgan fingerprint density at radius 1 is 1.36 bits per heavy atom. The molecule has 5 nitrogen and oxygen atoms in total. The van der Waals surface area contributed by atoms with Gasteiger partial charge in [0.2, 0.25) is 0 Å². The van der Waals surface area contributed by atoms with Crippen LogP contribution in [0.1, 0.15) is 18.2 Å². The third kappa shape index (κ3) is 6.21. The number of aliphatic imine (C=N–C) groups is 1. The van der Waals surface area contributed by atoms with E-state index in [9.17, 15) is 5.11 Å². The second-order valence-electron chi connectivity index (χ2n) is 6.15. The van der Waals surface area contributed by atoms with Crippen LogP contribution >= 0.6 is 15.9 Å². The predicted octanol–water partition coefficient (Wildman–Crippen LogP) is 2.79. The van der Waals surface area contributed by atoms with Gasteiger partial charge in [-0.1, -0.05) is 30.3 Å². The molecule has 1 heterocycles. The minimum Gasteiger partial charge on any atom is -0.391 e. The molecule has 2 rings (SSSR count). The Hall–Kier alpha value is -1.79. The molecule has 0 saturated carbocycles. The Morgan fingerprint density at radius 3 is 2.68 bits per heavy atom. The van der Waals surface area contributed by atoms with E-state index < -0.39 is 6.10 Å². The van der Waals surface area contributed by atoms with Gasteiger partial charge in [-0.15, -0.1) is 0 Å². The fourth-order valence-corrected chi connectivity index (χ4v) is 3.22. The summed E-state index contributed by atoms with van der Waals surface area (Å²) in [4.78, 5) is 6.67. The zero-order chi connectivity index (χ0) is 18.2. The standard InChI is InChI=1S/C19H27BrN4O/c1-4-21-19(24(3)14-17-11-16(20)13-23(17)2)22-12-18(25)10-15-8-6-5-7-9-15/h5-9,11,13,18,25H,4,10,12,14H2,1-3H3,(H,21,22). The molecule has 1 aromatic carbocycles. The predicted molar refractivity (Wildman–Crippen MR) is 107 cm³/mol. The van der Waals surface area contributed by atoms with Gasteiger partial charge < -0.3 is 19.9 Å². The number of aryl methyl sites for hydroxylation is 1. The van der Waals surface area contributed by atoms with Crippen molar-refractivity contribution >= 4 is 21.9 Å². The van der Waals surface area contributed by atoms with Gasteiger partial charge in [0.25, 0.3) is 0 Å². The Balaban J connectivity index is 1.97. The minimum atomic E-state index is -0.492. The first-order valence-electron chi connectivity index (χ1n) is 8.51. The zero-order valence-electron chi connectivity index (χ0n) is 15.1. The highest BCUT2D eigenvalue weighted by atomic mass is 79.9. The highest BCUT2D eigenvalue weighted by Gasteiger charge is 2.11. The first-order valence-corrected chi connectivity index (χ1v) is 9.31. The molecule has 136 valence electrons. The number of rotatable bonds is 7. The summed E-state index contributed by atoms with van der Waals surface area (Å²) < 4.78 is 3.16. The maximum Gasteiger partial charge on any atom is 0.194 e. The van der Waals surface area contributed by atoms with Crippen molar-refractivity contribution in [1.82, 2.24) is 14.8 Å². The number of nitrogens with one attached hydrogen (secondary N) is 1. The van der Waals surface area contributed by atoms with Crippen molar-refractivity contribution in [2.75, 3.05) is 20.1 Å². The van der Waals surface area contributed by atoms with Gasteiger partial charge in [0.05, 0.1) is 19.2 Å². The average Bonchev–Trinajstić information content (AvgIpc) is 2.89. The van der Waals surface area contributed by atoms with Crippen molar-refractivity contribution in [3.8, 4) is 0 Å². The molecular weight excluding hydrogens is 380 g/mol. The van der Waals surface area contributed by atoms with E-state index in [-0.39, 0.29) is 0 Å². The molecule has 2 N–H and O–H groups in total. The third-order valence-corrected chi connectivity index (χ3v) is 4.37. The molecule has 0 aliphatic carbocycles. The van der Waals surface area contributed by atoms with Crippen molar-refractivity contribution in [3.63, 3.8) is 0 Å². The van der Waals surface area contributed by atoms with E-state index in [2.05, 4.69) is 41.8 Å². The van der Waals surface area contributed by atoms with Gasteiger partial charge in [-0.25, -0.2) is 0 Å². The Kier molecular flexibility index (Phi) is 7.52. The molecular formula is C19H27BrN4O. The normalized spacial score (nSPS) is 12.9. The fraction of sp³-hybridized carbons (Fsp3) is 0.421. The maximum absolute atomic E-state index is 10.3. The monoisotopic (exact) mass is 406 g/mol. The number of nitrogens with zero attached hydrogens (tertiary/aromatic N) is 3. The van der Waals surface area contributed by atoms with E-state index in [1.807, 2.05) is 57.5 Å². The Bertz CT molecular complexity index is 684. The summed E-state index contributed by atoms with van der Waals surface area (Å²) in [6, 6.07) is 12.1. The molecule has 0 aliphatic rings. The molecule has 1 aromatic heterocycles. The summed E-state index contributed by atoms with van der Waals surface area (Å²) in [5, 5.41) is 13.6. The Labute approximate surface area is 158 Å². The van der Waals surface area contributed by atoms with Crippen LogP contribution in [-0.2, 0) is 20.0 Å². The topological polar surface area (TPSA) is 52.8 Å². The summed E-state index contributed by atoms with van der Waals surface area (Å²) in [5.74, 6) is 0.798. The first-order chi connectivity index (χ1) is 12.0. The van der Waals surface area contributed by atoms with Crippen LogP contribution in [0.15, 0.2) is 52.1 Å². The molecule has 1 atom stereocenters. The molecule has 25 heavy (non-hydrogen) atoms. The van der Waals surface area contributed by atoms with Crippen LogP contribution in [0.3, 0.4) is 0 Å². The zero-order valence-corrected chi connectivity index (χ0v) is 16.7. The van der Waals surface area contributed by atoms with Crippen molar-refractivity contribution < 1.29 is 5.11 Å². The first kappa shape index (κ1) is 19.5. The van der Waals surface area contributed by atoms with Gasteiger partial charge >= 0.3 is 0 Å². The number of hydrogen-bond donors (Lipinski definition) is 2. The molecule has 0 fully saturated rings. The number of aliphatic hydroxyl groups is 1. The average molecular weight is 407 g/mol. The van der Waals surface area contributed by atoms with E-state index >= 15 is 0 Å². The minimum absolute atomic E-state index is 0.373. The van der Waals surface area contributed by atoms with Crippen LogP contribution in [-0.4, -0.2) is 46.8 Å². The van der Waals surface area contributed by atoms with Gasteiger partial charge in [0.1, 0.15) is 0 Å². The SMILES string of the molecule is CCNC(=NCC(O)Cc1ccccc1)N(C)Cc1cc(Br)cn1C. The number of aliphatic hydroxyl groups excluding tert-OH is 1. The summed E-state index contributed by atoms with van der Waals surface area (Å²) >= 11 is 3.50. The molecule has 0 aliphatic heterocycles. The van der Waals surface area contributed by atoms with Gasteiger partial charge in [0, 0.05) is 43.4 Å². The number of benzene rings is 1. The lowest BCUT2D eigenvalue weighted by Crippen LogP contribution is -2.39. The molecule has 0 bridgehead atoms. The van der Waals surface area contributed by atoms with Crippen LogP contribution in [0.25, 0.3) is 0 Å². The number of aromatic nitrogens is 1. The summed E-state index contributed by atoms with van der Waals surface area (Å²) in [6.45, 7) is 3.94.